The first-order valence-corrected chi connectivity index (χ1v) is 2.61. The summed E-state index contributed by atoms with van der Waals surface area (Å²) < 4.78 is 4.28. The van der Waals surface area contributed by atoms with Crippen molar-refractivity contribution in [2.75, 3.05) is 0 Å². The van der Waals surface area contributed by atoms with E-state index in [9.17, 15) is 9.59 Å². The van der Waals surface area contributed by atoms with Crippen LogP contribution in [0.15, 0.2) is 12.0 Å². The third-order valence-electron chi connectivity index (χ3n) is 0.718. The van der Waals surface area contributed by atoms with Crippen molar-refractivity contribution < 1.29 is 19.4 Å². The summed E-state index contributed by atoms with van der Waals surface area (Å²) in [5.41, 5.74) is 0. The van der Waals surface area contributed by atoms with Crippen LogP contribution >= 0.6 is 0 Å². The lowest BCUT2D eigenvalue weighted by Gasteiger charge is -1.98. The lowest BCUT2D eigenvalue weighted by atomic mass is 10.4. The minimum absolute atomic E-state index is 0.340. The number of rotatable bonds is 2. The second-order valence-electron chi connectivity index (χ2n) is 1.64. The molecule has 4 nitrogen and oxygen atoms in total. The lowest BCUT2D eigenvalue weighted by Crippen LogP contribution is -2.05. The summed E-state index contributed by atoms with van der Waals surface area (Å²) in [6, 6.07) is 0. The fourth-order valence-electron chi connectivity index (χ4n) is 0.344. The first-order valence-electron chi connectivity index (χ1n) is 2.61. The van der Waals surface area contributed by atoms with E-state index in [1.54, 1.807) is 0 Å². The van der Waals surface area contributed by atoms with Crippen molar-refractivity contribution in [1.82, 2.24) is 0 Å². The van der Waals surface area contributed by atoms with Crippen LogP contribution in [0, 0.1) is 0 Å². The fraction of sp³-hybridized carbons (Fsp3) is 0.333. The number of ketones is 1. The topological polar surface area (TPSA) is 63.6 Å². The van der Waals surface area contributed by atoms with Crippen LogP contribution < -0.4 is 0 Å². The Bertz CT molecular complexity index is 180. The van der Waals surface area contributed by atoms with E-state index in [1.165, 1.54) is 6.92 Å². The monoisotopic (exact) mass is 144 g/mol. The quantitative estimate of drug-likeness (QED) is 0.349. The lowest BCUT2D eigenvalue weighted by molar-refractivity contribution is -0.140. The number of esters is 1. The van der Waals surface area contributed by atoms with Gasteiger partial charge in [-0.15, -0.1) is 0 Å². The van der Waals surface area contributed by atoms with Crippen LogP contribution in [0.25, 0.3) is 0 Å². The van der Waals surface area contributed by atoms with E-state index in [0.29, 0.717) is 6.26 Å². The molecule has 0 spiro atoms. The molecule has 0 heterocycles. The number of carbonyl (C=O) groups is 2. The summed E-state index contributed by atoms with van der Waals surface area (Å²) in [5, 5.41) is 8.29. The van der Waals surface area contributed by atoms with Gasteiger partial charge >= 0.3 is 5.97 Å². The van der Waals surface area contributed by atoms with Gasteiger partial charge in [0.15, 0.2) is 5.78 Å². The number of ether oxygens (including phenoxy) is 1. The molecule has 0 aliphatic heterocycles. The van der Waals surface area contributed by atoms with Crippen LogP contribution in [-0.4, -0.2) is 16.9 Å². The van der Waals surface area contributed by atoms with E-state index in [0.717, 1.165) is 6.92 Å². The van der Waals surface area contributed by atoms with E-state index in [-0.39, 0.29) is 5.76 Å². The molecule has 1 N–H and O–H groups in total. The summed E-state index contributed by atoms with van der Waals surface area (Å²) in [4.78, 5) is 20.6. The number of allylic oxidation sites excluding steroid dienone is 1. The van der Waals surface area contributed by atoms with Gasteiger partial charge in [-0.2, -0.15) is 0 Å². The Hall–Kier alpha value is -1.32. The van der Waals surface area contributed by atoms with E-state index in [2.05, 4.69) is 4.74 Å². The van der Waals surface area contributed by atoms with Gasteiger partial charge in [-0.1, -0.05) is 0 Å². The van der Waals surface area contributed by atoms with Gasteiger partial charge in [-0.25, -0.2) is 0 Å². The van der Waals surface area contributed by atoms with Crippen molar-refractivity contribution in [2.45, 2.75) is 13.8 Å². The molecule has 0 unspecified atom stereocenters. The summed E-state index contributed by atoms with van der Waals surface area (Å²) in [6.45, 7) is 2.33. The Morgan fingerprint density at radius 1 is 1.40 bits per heavy atom. The van der Waals surface area contributed by atoms with Crippen LogP contribution in [0.4, 0.5) is 0 Å². The van der Waals surface area contributed by atoms with Gasteiger partial charge in [-0.3, -0.25) is 9.59 Å². The Morgan fingerprint density at radius 2 is 1.90 bits per heavy atom. The summed E-state index contributed by atoms with van der Waals surface area (Å²) in [7, 11) is 0. The van der Waals surface area contributed by atoms with Crippen molar-refractivity contribution >= 4 is 11.8 Å². The zero-order valence-electron chi connectivity index (χ0n) is 5.75. The molecule has 0 rings (SSSR count). The highest BCUT2D eigenvalue weighted by Crippen LogP contribution is 1.96. The summed E-state index contributed by atoms with van der Waals surface area (Å²) >= 11 is 0. The number of hydrogen-bond acceptors (Lipinski definition) is 4. The normalized spacial score (nSPS) is 10.8. The van der Waals surface area contributed by atoms with Gasteiger partial charge in [-0.05, 0) is 0 Å². The van der Waals surface area contributed by atoms with E-state index in [4.69, 9.17) is 5.11 Å². The van der Waals surface area contributed by atoms with Gasteiger partial charge in [0.2, 0.25) is 5.76 Å². The molecule has 4 heteroatoms. The van der Waals surface area contributed by atoms with Crippen molar-refractivity contribution in [3.8, 4) is 0 Å². The van der Waals surface area contributed by atoms with Crippen LogP contribution in [0.3, 0.4) is 0 Å². The molecule has 0 saturated heterocycles. The van der Waals surface area contributed by atoms with Crippen molar-refractivity contribution in [3.05, 3.63) is 12.0 Å². The number of hydrogen-bond donors (Lipinski definition) is 1. The second kappa shape index (κ2) is 3.66. The summed E-state index contributed by atoms with van der Waals surface area (Å²) in [6.07, 6.45) is 0.462. The summed E-state index contributed by atoms with van der Waals surface area (Å²) in [5.74, 6) is -1.46. The Balaban J connectivity index is 4.12. The number of aliphatic hydroxyl groups is 1. The molecule has 0 fully saturated rings. The molecule has 0 radical (unpaired) electrons. The minimum atomic E-state index is -0.629. The highest BCUT2D eigenvalue weighted by molar-refractivity contribution is 5.93. The SMILES string of the molecule is CC(=O)O/C(=C\O)C(C)=O. The molecule has 0 aliphatic carbocycles. The largest absolute Gasteiger partial charge is 0.512 e. The first-order chi connectivity index (χ1) is 4.57. The molecule has 10 heavy (non-hydrogen) atoms. The van der Waals surface area contributed by atoms with Crippen LogP contribution in [-0.2, 0) is 14.3 Å². The Kier molecular flexibility index (Phi) is 3.17. The molecule has 0 aromatic heterocycles. The van der Waals surface area contributed by atoms with Crippen molar-refractivity contribution in [2.24, 2.45) is 0 Å². The van der Waals surface area contributed by atoms with E-state index in [1.807, 2.05) is 0 Å². The van der Waals surface area contributed by atoms with E-state index < -0.39 is 11.8 Å². The van der Waals surface area contributed by atoms with Gasteiger partial charge in [0.1, 0.15) is 6.26 Å². The highest BCUT2D eigenvalue weighted by Gasteiger charge is 2.06. The highest BCUT2D eigenvalue weighted by atomic mass is 16.5. The molecule has 0 atom stereocenters. The molecule has 0 bridgehead atoms. The molecular weight excluding hydrogens is 136 g/mol. The predicted molar refractivity (Wildman–Crippen MR) is 33.2 cm³/mol. The third kappa shape index (κ3) is 2.86. The zero-order chi connectivity index (χ0) is 8.15. The van der Waals surface area contributed by atoms with E-state index >= 15 is 0 Å². The van der Waals surface area contributed by atoms with Crippen molar-refractivity contribution in [1.29, 1.82) is 0 Å². The van der Waals surface area contributed by atoms with Crippen molar-refractivity contribution in [3.63, 3.8) is 0 Å². The van der Waals surface area contributed by atoms with Gasteiger partial charge in [0, 0.05) is 13.8 Å². The average Bonchev–Trinajstić information content (AvgIpc) is 1.81. The molecule has 56 valence electrons. The molecular formula is C6H8O4. The van der Waals surface area contributed by atoms with Gasteiger partial charge < -0.3 is 9.84 Å². The molecule has 0 aliphatic rings. The molecule has 0 aromatic rings. The second-order valence-corrected chi connectivity index (χ2v) is 1.64. The number of aliphatic hydroxyl groups excluding tert-OH is 1. The Labute approximate surface area is 58.1 Å². The zero-order valence-corrected chi connectivity index (χ0v) is 5.75. The Morgan fingerprint density at radius 3 is 2.00 bits per heavy atom. The standard InChI is InChI=1S/C6H8O4/c1-4(8)6(3-7)10-5(2)9/h3,7H,1-2H3/b6-3-. The molecule has 0 amide bonds. The smallest absolute Gasteiger partial charge is 0.308 e. The minimum Gasteiger partial charge on any atom is -0.512 e. The number of Topliss-reactive ketones (excluding diaryl/α,β-unsaturated/α-hetero) is 1. The number of carbonyl (C=O) groups excluding carboxylic acids is 2. The van der Waals surface area contributed by atoms with Crippen LogP contribution in [0.2, 0.25) is 0 Å². The molecule has 0 aromatic carbocycles. The first kappa shape index (κ1) is 8.68. The van der Waals surface area contributed by atoms with Crippen LogP contribution in [0.5, 0.6) is 0 Å². The van der Waals surface area contributed by atoms with Crippen LogP contribution in [0.1, 0.15) is 13.8 Å². The predicted octanol–water partition coefficient (Wildman–Crippen LogP) is 0.538. The van der Waals surface area contributed by atoms with Gasteiger partial charge in [0.25, 0.3) is 0 Å². The third-order valence-corrected chi connectivity index (χ3v) is 0.718. The average molecular weight is 144 g/mol. The fourth-order valence-corrected chi connectivity index (χ4v) is 0.344. The van der Waals surface area contributed by atoms with Gasteiger partial charge in [0.05, 0.1) is 0 Å². The molecule has 0 saturated carbocycles. The maximum absolute atomic E-state index is 10.4. The maximum Gasteiger partial charge on any atom is 0.308 e. The maximum atomic E-state index is 10.4.